The van der Waals surface area contributed by atoms with Crippen LogP contribution >= 0.6 is 0 Å². The van der Waals surface area contributed by atoms with Crippen molar-refractivity contribution in [3.05, 3.63) is 70.0 Å². The van der Waals surface area contributed by atoms with E-state index in [0.717, 1.165) is 60.1 Å². The third-order valence-electron chi connectivity index (χ3n) is 7.16. The predicted molar refractivity (Wildman–Crippen MR) is 133 cm³/mol. The lowest BCUT2D eigenvalue weighted by Crippen LogP contribution is -2.38. The van der Waals surface area contributed by atoms with E-state index in [1.165, 1.54) is 0 Å². The van der Waals surface area contributed by atoms with Crippen LogP contribution in [0.5, 0.6) is 5.75 Å². The largest absolute Gasteiger partial charge is 0.483 e. The van der Waals surface area contributed by atoms with E-state index in [0.29, 0.717) is 12.4 Å². The molecule has 1 aliphatic heterocycles. The maximum Gasteiger partial charge on any atom is 0.404 e. The highest BCUT2D eigenvalue weighted by molar-refractivity contribution is 5.88. The topological polar surface area (TPSA) is 83.8 Å². The van der Waals surface area contributed by atoms with Crippen molar-refractivity contribution >= 4 is 22.7 Å². The lowest BCUT2D eigenvalue weighted by molar-refractivity contribution is 0.186. The van der Waals surface area contributed by atoms with Crippen LogP contribution in [0.1, 0.15) is 43.4 Å². The summed E-state index contributed by atoms with van der Waals surface area (Å²) in [6.45, 7) is 6.04. The van der Waals surface area contributed by atoms with Crippen LogP contribution in [0.3, 0.4) is 0 Å². The molecule has 1 saturated heterocycles. The van der Waals surface area contributed by atoms with Crippen LogP contribution in [0.4, 0.5) is 10.5 Å². The van der Waals surface area contributed by atoms with Gasteiger partial charge in [-0.05, 0) is 62.3 Å². The number of amides is 1. The van der Waals surface area contributed by atoms with E-state index in [1.54, 1.807) is 0 Å². The maximum atomic E-state index is 13.5. The Morgan fingerprint density at radius 2 is 1.94 bits per heavy atom. The first kappa shape index (κ1) is 22.3. The molecular formula is C27H31N3O4. The molecule has 1 amide bonds. The number of carbonyl (C=O) groups is 1. The number of hydrogen-bond donors (Lipinski definition) is 2. The molecule has 2 N–H and O–H groups in total. The number of carboxylic acid groups (broad SMARTS) is 1. The van der Waals surface area contributed by atoms with E-state index in [9.17, 15) is 9.59 Å². The van der Waals surface area contributed by atoms with Gasteiger partial charge >= 0.3 is 6.09 Å². The Morgan fingerprint density at radius 3 is 2.65 bits per heavy atom. The molecule has 1 aromatic heterocycles. The SMILES string of the molecule is Cc1c(N2CC[C@@H]([C@H](C)NC(=O)O)C2)ccc2cc(OCc3ccccc3)c(=O)n(C3CC3)c12. The molecule has 34 heavy (non-hydrogen) atoms. The van der Waals surface area contributed by atoms with Gasteiger partial charge in [-0.2, -0.15) is 0 Å². The summed E-state index contributed by atoms with van der Waals surface area (Å²) < 4.78 is 7.93. The Bertz CT molecular complexity index is 1270. The van der Waals surface area contributed by atoms with Gasteiger partial charge in [0.2, 0.25) is 0 Å². The van der Waals surface area contributed by atoms with Crippen LogP contribution < -0.4 is 20.5 Å². The third-order valence-corrected chi connectivity index (χ3v) is 7.16. The Labute approximate surface area is 199 Å². The maximum absolute atomic E-state index is 13.5. The van der Waals surface area contributed by atoms with Crippen LogP contribution in [-0.2, 0) is 6.61 Å². The minimum atomic E-state index is -0.980. The van der Waals surface area contributed by atoms with E-state index in [-0.39, 0.29) is 23.6 Å². The van der Waals surface area contributed by atoms with E-state index < -0.39 is 6.09 Å². The van der Waals surface area contributed by atoms with Crippen molar-refractivity contribution in [3.8, 4) is 5.75 Å². The van der Waals surface area contributed by atoms with Crippen molar-refractivity contribution < 1.29 is 14.6 Å². The average Bonchev–Trinajstić information content (AvgIpc) is 3.53. The Morgan fingerprint density at radius 1 is 1.18 bits per heavy atom. The van der Waals surface area contributed by atoms with Gasteiger partial charge < -0.3 is 24.6 Å². The fraction of sp³-hybridized carbons (Fsp3) is 0.407. The van der Waals surface area contributed by atoms with Crippen LogP contribution in [0.2, 0.25) is 0 Å². The molecule has 0 radical (unpaired) electrons. The van der Waals surface area contributed by atoms with Gasteiger partial charge in [-0.1, -0.05) is 36.4 Å². The van der Waals surface area contributed by atoms with Gasteiger partial charge in [-0.3, -0.25) is 4.79 Å². The van der Waals surface area contributed by atoms with Crippen molar-refractivity contribution in [3.63, 3.8) is 0 Å². The van der Waals surface area contributed by atoms with Gasteiger partial charge in [0.05, 0.1) is 5.52 Å². The molecule has 7 nitrogen and oxygen atoms in total. The molecule has 1 saturated carbocycles. The van der Waals surface area contributed by atoms with Gasteiger partial charge in [0.25, 0.3) is 5.56 Å². The second-order valence-electron chi connectivity index (χ2n) is 9.57. The first-order valence-corrected chi connectivity index (χ1v) is 12.0. The Balaban J connectivity index is 1.47. The number of aromatic nitrogens is 1. The molecule has 1 aliphatic carbocycles. The summed E-state index contributed by atoms with van der Waals surface area (Å²) in [5, 5.41) is 12.7. The molecule has 2 atom stereocenters. The molecule has 5 rings (SSSR count). The smallest absolute Gasteiger partial charge is 0.404 e. The van der Waals surface area contributed by atoms with Gasteiger partial charge in [-0.15, -0.1) is 0 Å². The summed E-state index contributed by atoms with van der Waals surface area (Å²) in [7, 11) is 0. The number of rotatable bonds is 7. The molecular weight excluding hydrogens is 430 g/mol. The fourth-order valence-electron chi connectivity index (χ4n) is 5.16. The molecule has 0 spiro atoms. The zero-order valence-corrected chi connectivity index (χ0v) is 19.7. The summed E-state index contributed by atoms with van der Waals surface area (Å²) in [6, 6.07) is 16.1. The second kappa shape index (κ2) is 9.05. The minimum absolute atomic E-state index is 0.0650. The Hall–Kier alpha value is -3.48. The summed E-state index contributed by atoms with van der Waals surface area (Å²) in [4.78, 5) is 26.8. The molecule has 3 aromatic rings. The zero-order chi connectivity index (χ0) is 23.8. The molecule has 7 heteroatoms. The minimum Gasteiger partial charge on any atom is -0.483 e. The number of benzene rings is 2. The first-order chi connectivity index (χ1) is 16.4. The highest BCUT2D eigenvalue weighted by Gasteiger charge is 2.31. The number of pyridine rings is 1. The number of aryl methyl sites for hydroxylation is 1. The third kappa shape index (κ3) is 4.34. The number of nitrogens with zero attached hydrogens (tertiary/aromatic N) is 2. The molecule has 178 valence electrons. The second-order valence-corrected chi connectivity index (χ2v) is 9.57. The van der Waals surface area contributed by atoms with Gasteiger partial charge in [-0.25, -0.2) is 4.79 Å². The normalized spacial score (nSPS) is 18.8. The van der Waals surface area contributed by atoms with Crippen LogP contribution in [-0.4, -0.2) is 34.9 Å². The zero-order valence-electron chi connectivity index (χ0n) is 19.7. The number of ether oxygens (including phenoxy) is 1. The molecule has 2 fully saturated rings. The molecule has 0 bridgehead atoms. The monoisotopic (exact) mass is 461 g/mol. The highest BCUT2D eigenvalue weighted by atomic mass is 16.5. The van der Waals surface area contributed by atoms with E-state index in [4.69, 9.17) is 9.84 Å². The molecule has 2 heterocycles. The lowest BCUT2D eigenvalue weighted by atomic mass is 10.0. The number of anilines is 1. The summed E-state index contributed by atoms with van der Waals surface area (Å²) in [5.74, 6) is 0.649. The number of nitrogens with one attached hydrogen (secondary N) is 1. The van der Waals surface area contributed by atoms with E-state index in [1.807, 2.05) is 47.9 Å². The number of hydrogen-bond acceptors (Lipinski definition) is 4. The quantitative estimate of drug-likeness (QED) is 0.533. The lowest BCUT2D eigenvalue weighted by Gasteiger charge is -2.25. The summed E-state index contributed by atoms with van der Waals surface area (Å²) >= 11 is 0. The predicted octanol–water partition coefficient (Wildman–Crippen LogP) is 4.71. The van der Waals surface area contributed by atoms with Crippen LogP contribution in [0.25, 0.3) is 10.9 Å². The molecule has 0 unspecified atom stereocenters. The molecule has 2 aliphatic rings. The number of fused-ring (bicyclic) bond motifs is 1. The van der Waals surface area contributed by atoms with Crippen LogP contribution in [0, 0.1) is 12.8 Å². The van der Waals surface area contributed by atoms with Gasteiger partial charge in [0.15, 0.2) is 5.75 Å². The Kier molecular flexibility index (Phi) is 5.94. The first-order valence-electron chi connectivity index (χ1n) is 12.0. The van der Waals surface area contributed by atoms with Crippen molar-refractivity contribution in [2.24, 2.45) is 5.92 Å². The van der Waals surface area contributed by atoms with Gasteiger partial charge in [0.1, 0.15) is 6.61 Å². The van der Waals surface area contributed by atoms with Crippen molar-refractivity contribution in [1.29, 1.82) is 0 Å². The molecule has 2 aromatic carbocycles. The summed E-state index contributed by atoms with van der Waals surface area (Å²) in [6.07, 6.45) is 1.96. The highest BCUT2D eigenvalue weighted by Crippen LogP contribution is 2.40. The van der Waals surface area contributed by atoms with Crippen molar-refractivity contribution in [1.82, 2.24) is 9.88 Å². The van der Waals surface area contributed by atoms with Crippen molar-refractivity contribution in [2.45, 2.75) is 51.8 Å². The summed E-state index contributed by atoms with van der Waals surface area (Å²) in [5.41, 5.74) is 4.16. The van der Waals surface area contributed by atoms with Crippen molar-refractivity contribution in [2.75, 3.05) is 18.0 Å². The standard InChI is InChI=1S/C27H31N3O4/c1-17-23(29-13-12-21(15-29)18(2)28-27(32)33)11-8-20-14-24(34-16-19-6-4-3-5-7-19)26(31)30(25(17)20)22-9-10-22/h3-8,11,14,18,21-22,28H,9-10,12-13,15-16H2,1-2H3,(H,32,33)/t18-,21+/m0/s1. The van der Waals surface area contributed by atoms with E-state index >= 15 is 0 Å². The van der Waals surface area contributed by atoms with Gasteiger partial charge in [0, 0.05) is 36.2 Å². The average molecular weight is 462 g/mol. The van der Waals surface area contributed by atoms with Crippen LogP contribution in [0.15, 0.2) is 53.3 Å². The fourth-order valence-corrected chi connectivity index (χ4v) is 5.16. The van der Waals surface area contributed by atoms with E-state index in [2.05, 4.69) is 29.3 Å².